The predicted octanol–water partition coefficient (Wildman–Crippen LogP) is 1.17. The summed E-state index contributed by atoms with van der Waals surface area (Å²) < 4.78 is 27.5. The van der Waals surface area contributed by atoms with Crippen molar-refractivity contribution >= 4 is 28.8 Å². The fourth-order valence-corrected chi connectivity index (χ4v) is 1.74. The van der Waals surface area contributed by atoms with E-state index in [-0.39, 0.29) is 28.7 Å². The number of carbonyl (C=O) groups excluding carboxylic acids is 1. The topological polar surface area (TPSA) is 58.4 Å². The highest BCUT2D eigenvalue weighted by Gasteiger charge is 2.18. The minimum Gasteiger partial charge on any atom is -0.389 e. The summed E-state index contributed by atoms with van der Waals surface area (Å²) in [5, 5.41) is 2.57. The van der Waals surface area contributed by atoms with Crippen molar-refractivity contribution in [1.29, 1.82) is 0 Å². The van der Waals surface area contributed by atoms with Gasteiger partial charge < -0.3 is 16.0 Å². The van der Waals surface area contributed by atoms with Crippen LogP contribution in [0.1, 0.15) is 12.5 Å². The van der Waals surface area contributed by atoms with E-state index in [2.05, 4.69) is 17.5 Å². The number of thiocarbonyl (C=S) groups is 1. The van der Waals surface area contributed by atoms with Crippen LogP contribution >= 0.6 is 12.2 Å². The van der Waals surface area contributed by atoms with Crippen molar-refractivity contribution in [1.82, 2.24) is 5.32 Å². The molecule has 1 rings (SSSR count). The molecule has 1 amide bonds. The van der Waals surface area contributed by atoms with Gasteiger partial charge in [0.15, 0.2) is 11.6 Å². The lowest BCUT2D eigenvalue weighted by molar-refractivity contribution is -0.119. The molecule has 0 aromatic heterocycles. The summed E-state index contributed by atoms with van der Waals surface area (Å²) in [4.78, 5) is 12.5. The highest BCUT2D eigenvalue weighted by molar-refractivity contribution is 7.80. The van der Waals surface area contributed by atoms with Crippen LogP contribution in [0, 0.1) is 11.6 Å². The molecule has 0 aliphatic rings. The Balaban J connectivity index is 2.99. The second-order valence-electron chi connectivity index (χ2n) is 3.93. The number of hydrogen-bond acceptors (Lipinski definition) is 3. The summed E-state index contributed by atoms with van der Waals surface area (Å²) in [7, 11) is 1.49. The third-order valence-corrected chi connectivity index (χ3v) is 2.71. The zero-order chi connectivity index (χ0) is 14.6. The molecule has 0 heterocycles. The van der Waals surface area contributed by atoms with Crippen LogP contribution in [0.4, 0.5) is 14.5 Å². The molecule has 3 N–H and O–H groups in total. The highest BCUT2D eigenvalue weighted by atomic mass is 32.1. The monoisotopic (exact) mass is 287 g/mol. The van der Waals surface area contributed by atoms with Gasteiger partial charge in [-0.25, -0.2) is 8.78 Å². The van der Waals surface area contributed by atoms with Crippen molar-refractivity contribution in [3.8, 4) is 0 Å². The number of nitrogens with one attached hydrogen (secondary N) is 1. The quantitative estimate of drug-likeness (QED) is 0.798. The van der Waals surface area contributed by atoms with E-state index in [9.17, 15) is 13.6 Å². The molecule has 19 heavy (non-hydrogen) atoms. The number of anilines is 1. The Morgan fingerprint density at radius 1 is 1.42 bits per heavy atom. The number of hydrogen-bond donors (Lipinski definition) is 2. The lowest BCUT2D eigenvalue weighted by Crippen LogP contribution is -2.35. The van der Waals surface area contributed by atoms with E-state index in [1.807, 2.05) is 0 Å². The molecule has 1 aromatic carbocycles. The van der Waals surface area contributed by atoms with Gasteiger partial charge in [-0.1, -0.05) is 12.2 Å². The summed E-state index contributed by atoms with van der Waals surface area (Å²) >= 11 is 4.62. The van der Waals surface area contributed by atoms with E-state index in [0.717, 1.165) is 0 Å². The fourth-order valence-electron chi connectivity index (χ4n) is 1.58. The van der Waals surface area contributed by atoms with Crippen LogP contribution in [0.15, 0.2) is 12.1 Å². The van der Waals surface area contributed by atoms with Gasteiger partial charge in [0.25, 0.3) is 0 Å². The van der Waals surface area contributed by atoms with E-state index in [1.165, 1.54) is 24.1 Å². The van der Waals surface area contributed by atoms with Crippen molar-refractivity contribution in [2.45, 2.75) is 6.92 Å². The standard InChI is InChI=1S/C12H15F2N3OS/c1-3-16-9(18)6-17(2)8-5-4-7(12(15)19)10(13)11(8)14/h4-5H,3,6H2,1-2H3,(H2,15,19)(H,16,18). The second-order valence-corrected chi connectivity index (χ2v) is 4.37. The zero-order valence-corrected chi connectivity index (χ0v) is 11.5. The summed E-state index contributed by atoms with van der Waals surface area (Å²) in [6.45, 7) is 2.18. The van der Waals surface area contributed by atoms with Crippen LogP contribution in [0.3, 0.4) is 0 Å². The average molecular weight is 287 g/mol. The van der Waals surface area contributed by atoms with Gasteiger partial charge in [0.2, 0.25) is 5.91 Å². The van der Waals surface area contributed by atoms with Crippen LogP contribution in [-0.4, -0.2) is 31.0 Å². The van der Waals surface area contributed by atoms with Crippen molar-refractivity contribution in [2.75, 3.05) is 25.0 Å². The Labute approximate surface area is 115 Å². The third kappa shape index (κ3) is 3.60. The van der Waals surface area contributed by atoms with Gasteiger partial charge in [0.05, 0.1) is 12.2 Å². The maximum Gasteiger partial charge on any atom is 0.239 e. The van der Waals surface area contributed by atoms with E-state index in [1.54, 1.807) is 6.92 Å². The largest absolute Gasteiger partial charge is 0.389 e. The number of rotatable bonds is 5. The zero-order valence-electron chi connectivity index (χ0n) is 10.7. The second kappa shape index (κ2) is 6.42. The Kier molecular flexibility index (Phi) is 5.17. The van der Waals surface area contributed by atoms with Crippen LogP contribution in [0.2, 0.25) is 0 Å². The normalized spacial score (nSPS) is 10.1. The van der Waals surface area contributed by atoms with Crippen LogP contribution in [0.5, 0.6) is 0 Å². The van der Waals surface area contributed by atoms with E-state index < -0.39 is 11.6 Å². The minimum atomic E-state index is -1.10. The number of nitrogens with two attached hydrogens (primary N) is 1. The molecule has 0 unspecified atom stereocenters. The molecular weight excluding hydrogens is 272 g/mol. The van der Waals surface area contributed by atoms with Gasteiger partial charge >= 0.3 is 0 Å². The lowest BCUT2D eigenvalue weighted by atomic mass is 10.1. The first kappa shape index (κ1) is 15.3. The van der Waals surface area contributed by atoms with E-state index in [0.29, 0.717) is 6.54 Å². The first-order valence-electron chi connectivity index (χ1n) is 5.64. The number of halogens is 2. The molecule has 0 aliphatic carbocycles. The molecule has 0 aliphatic heterocycles. The number of benzene rings is 1. The van der Waals surface area contributed by atoms with Gasteiger partial charge in [0, 0.05) is 19.2 Å². The summed E-state index contributed by atoms with van der Waals surface area (Å²) in [6.07, 6.45) is 0. The average Bonchev–Trinajstić information content (AvgIpc) is 2.32. The number of amides is 1. The van der Waals surface area contributed by atoms with Crippen molar-refractivity contribution in [3.63, 3.8) is 0 Å². The van der Waals surface area contributed by atoms with Crippen molar-refractivity contribution in [3.05, 3.63) is 29.3 Å². The Hall–Kier alpha value is -1.76. The SMILES string of the molecule is CCNC(=O)CN(C)c1ccc(C(N)=S)c(F)c1F. The van der Waals surface area contributed by atoms with Crippen molar-refractivity contribution < 1.29 is 13.6 Å². The smallest absolute Gasteiger partial charge is 0.239 e. The van der Waals surface area contributed by atoms with Gasteiger partial charge in [-0.05, 0) is 19.1 Å². The maximum absolute atomic E-state index is 13.8. The van der Waals surface area contributed by atoms with Gasteiger partial charge in [0.1, 0.15) is 4.99 Å². The molecule has 0 saturated carbocycles. The fraction of sp³-hybridized carbons (Fsp3) is 0.333. The van der Waals surface area contributed by atoms with Gasteiger partial charge in [-0.15, -0.1) is 0 Å². The predicted molar refractivity (Wildman–Crippen MR) is 74.2 cm³/mol. The van der Waals surface area contributed by atoms with Crippen LogP contribution in [-0.2, 0) is 4.79 Å². The molecule has 4 nitrogen and oxygen atoms in total. The molecule has 0 radical (unpaired) electrons. The number of carbonyl (C=O) groups is 1. The molecular formula is C12H15F2N3OS. The molecule has 0 atom stereocenters. The first-order chi connectivity index (χ1) is 8.88. The lowest BCUT2D eigenvalue weighted by Gasteiger charge is -2.20. The molecule has 7 heteroatoms. The Bertz CT molecular complexity index is 508. The number of nitrogens with zero attached hydrogens (tertiary/aromatic N) is 1. The van der Waals surface area contributed by atoms with Gasteiger partial charge in [-0.2, -0.15) is 0 Å². The molecule has 0 fully saturated rings. The third-order valence-electron chi connectivity index (χ3n) is 2.49. The molecule has 1 aromatic rings. The summed E-state index contributed by atoms with van der Waals surface area (Å²) in [5.41, 5.74) is 5.10. The minimum absolute atomic E-state index is 0.0243. The molecule has 0 bridgehead atoms. The van der Waals surface area contributed by atoms with Crippen molar-refractivity contribution in [2.24, 2.45) is 5.73 Å². The molecule has 0 spiro atoms. The highest BCUT2D eigenvalue weighted by Crippen LogP contribution is 2.23. The molecule has 104 valence electrons. The Morgan fingerprint density at radius 3 is 2.58 bits per heavy atom. The summed E-state index contributed by atoms with van der Waals surface area (Å²) in [6, 6.07) is 2.64. The van der Waals surface area contributed by atoms with E-state index >= 15 is 0 Å². The van der Waals surface area contributed by atoms with Crippen LogP contribution in [0.25, 0.3) is 0 Å². The maximum atomic E-state index is 13.8. The first-order valence-corrected chi connectivity index (χ1v) is 6.05. The Morgan fingerprint density at radius 2 is 2.05 bits per heavy atom. The van der Waals surface area contributed by atoms with Gasteiger partial charge in [-0.3, -0.25) is 4.79 Å². The van der Waals surface area contributed by atoms with Crippen LogP contribution < -0.4 is 16.0 Å². The van der Waals surface area contributed by atoms with E-state index in [4.69, 9.17) is 5.73 Å². The number of likely N-dealkylation sites (N-methyl/N-ethyl adjacent to an activating group) is 2. The molecule has 0 saturated heterocycles. The summed E-state index contributed by atoms with van der Waals surface area (Å²) in [5.74, 6) is -2.45.